The van der Waals surface area contributed by atoms with Crippen LogP contribution in [0.2, 0.25) is 0 Å². The topological polar surface area (TPSA) is 68.3 Å². The molecule has 1 N–H and O–H groups in total. The predicted octanol–water partition coefficient (Wildman–Crippen LogP) is 4.82. The van der Waals surface area contributed by atoms with Gasteiger partial charge >= 0.3 is 12.1 Å². The Morgan fingerprint density at radius 3 is 2.66 bits per heavy atom. The van der Waals surface area contributed by atoms with Gasteiger partial charge in [0, 0.05) is 12.1 Å². The number of carbonyl (C=O) groups is 2. The molecular weight excluding hydrogens is 405 g/mol. The maximum Gasteiger partial charge on any atom is 0.416 e. The number of halogens is 3. The maximum atomic E-state index is 12.7. The molecule has 3 aromatic rings. The summed E-state index contributed by atoms with van der Waals surface area (Å²) in [6.07, 6.45) is -3.25. The van der Waals surface area contributed by atoms with Gasteiger partial charge in [0.25, 0.3) is 5.91 Å². The van der Waals surface area contributed by atoms with Crippen LogP contribution in [0.3, 0.4) is 0 Å². The molecule has 0 atom stereocenters. The largest absolute Gasteiger partial charge is 0.456 e. The molecule has 0 saturated carbocycles. The predicted molar refractivity (Wildman–Crippen MR) is 104 cm³/mol. The molecule has 5 nitrogen and oxygen atoms in total. The molecule has 0 aliphatic rings. The quantitative estimate of drug-likeness (QED) is 0.555. The van der Waals surface area contributed by atoms with Crippen LogP contribution in [-0.4, -0.2) is 23.5 Å². The minimum Gasteiger partial charge on any atom is -0.456 e. The summed E-state index contributed by atoms with van der Waals surface area (Å²) in [5.41, 5.74) is 0.0280. The van der Waals surface area contributed by atoms with Crippen LogP contribution in [0.5, 0.6) is 0 Å². The molecule has 0 saturated heterocycles. The lowest BCUT2D eigenvalue weighted by Gasteiger charge is -2.10. The Bertz CT molecular complexity index is 984. The number of nitrogens with one attached hydrogen (secondary N) is 1. The number of amides is 1. The molecule has 29 heavy (non-hydrogen) atoms. The van der Waals surface area contributed by atoms with Crippen LogP contribution < -0.4 is 5.32 Å². The molecule has 0 aliphatic heterocycles. The van der Waals surface area contributed by atoms with E-state index in [1.54, 1.807) is 11.3 Å². The van der Waals surface area contributed by atoms with Crippen LogP contribution in [-0.2, 0) is 26.9 Å². The number of hydrogen-bond acceptors (Lipinski definition) is 5. The second kappa shape index (κ2) is 9.04. The van der Waals surface area contributed by atoms with Crippen molar-refractivity contribution in [3.63, 3.8) is 0 Å². The lowest BCUT2D eigenvalue weighted by atomic mass is 10.2. The molecule has 0 aliphatic carbocycles. The van der Waals surface area contributed by atoms with Gasteiger partial charge in [-0.15, -0.1) is 11.3 Å². The molecule has 1 amide bonds. The molecule has 152 valence electrons. The van der Waals surface area contributed by atoms with Crippen molar-refractivity contribution in [3.8, 4) is 0 Å². The summed E-state index contributed by atoms with van der Waals surface area (Å²) >= 11 is 1.56. The Labute approximate surface area is 168 Å². The van der Waals surface area contributed by atoms with E-state index in [1.165, 1.54) is 12.1 Å². The summed E-state index contributed by atoms with van der Waals surface area (Å²) in [6.45, 7) is -0.559. The SMILES string of the molecule is O=C(COC(=O)CCCc1nc2ccccc2s1)Nc1cccc(C(F)(F)F)c1. The molecule has 0 fully saturated rings. The van der Waals surface area contributed by atoms with Crippen molar-refractivity contribution in [2.24, 2.45) is 0 Å². The normalized spacial score (nSPS) is 11.4. The van der Waals surface area contributed by atoms with Crippen molar-refractivity contribution in [2.75, 3.05) is 11.9 Å². The van der Waals surface area contributed by atoms with E-state index >= 15 is 0 Å². The molecule has 3 rings (SSSR count). The van der Waals surface area contributed by atoms with Crippen molar-refractivity contribution in [2.45, 2.75) is 25.4 Å². The van der Waals surface area contributed by atoms with Crippen molar-refractivity contribution in [1.29, 1.82) is 0 Å². The third-order valence-electron chi connectivity index (χ3n) is 3.95. The number of rotatable bonds is 7. The number of esters is 1. The zero-order valence-electron chi connectivity index (χ0n) is 15.2. The summed E-state index contributed by atoms with van der Waals surface area (Å²) in [7, 11) is 0. The minimum atomic E-state index is -4.50. The van der Waals surface area contributed by atoms with E-state index in [0.717, 1.165) is 27.4 Å². The van der Waals surface area contributed by atoms with E-state index in [2.05, 4.69) is 10.3 Å². The number of nitrogens with zero attached hydrogens (tertiary/aromatic N) is 1. The number of benzene rings is 2. The molecule has 1 heterocycles. The fourth-order valence-corrected chi connectivity index (χ4v) is 3.61. The van der Waals surface area contributed by atoms with Crippen molar-refractivity contribution in [3.05, 3.63) is 59.1 Å². The second-order valence-electron chi connectivity index (χ2n) is 6.22. The van der Waals surface area contributed by atoms with Gasteiger partial charge in [0.1, 0.15) is 0 Å². The Morgan fingerprint density at radius 2 is 1.90 bits per heavy atom. The standard InChI is InChI=1S/C20H17F3N2O3S/c21-20(22,23)13-5-3-6-14(11-13)24-17(26)12-28-19(27)10-4-9-18-25-15-7-1-2-8-16(15)29-18/h1-3,5-8,11H,4,9-10,12H2,(H,24,26). The van der Waals surface area contributed by atoms with Crippen LogP contribution in [0.15, 0.2) is 48.5 Å². The highest BCUT2D eigenvalue weighted by atomic mass is 32.1. The van der Waals surface area contributed by atoms with Crippen LogP contribution in [0.25, 0.3) is 10.2 Å². The van der Waals surface area contributed by atoms with E-state index in [-0.39, 0.29) is 12.1 Å². The van der Waals surface area contributed by atoms with E-state index < -0.39 is 30.2 Å². The molecule has 9 heteroatoms. The van der Waals surface area contributed by atoms with Gasteiger partial charge in [0.2, 0.25) is 0 Å². The lowest BCUT2D eigenvalue weighted by molar-refractivity contribution is -0.147. The number of carbonyl (C=O) groups excluding carboxylic acids is 2. The van der Waals surface area contributed by atoms with Gasteiger partial charge in [0.15, 0.2) is 6.61 Å². The maximum absolute atomic E-state index is 12.7. The van der Waals surface area contributed by atoms with E-state index in [1.807, 2.05) is 24.3 Å². The van der Waals surface area contributed by atoms with E-state index in [4.69, 9.17) is 4.74 Å². The number of ether oxygens (including phenoxy) is 1. The zero-order chi connectivity index (χ0) is 20.9. The first kappa shape index (κ1) is 20.8. The second-order valence-corrected chi connectivity index (χ2v) is 7.33. The number of aryl methyl sites for hydroxylation is 1. The number of thiazole rings is 1. The fourth-order valence-electron chi connectivity index (χ4n) is 2.60. The van der Waals surface area contributed by atoms with Crippen molar-refractivity contribution < 1.29 is 27.5 Å². The van der Waals surface area contributed by atoms with Crippen LogP contribution in [0.4, 0.5) is 18.9 Å². The van der Waals surface area contributed by atoms with Gasteiger partial charge in [-0.05, 0) is 43.2 Å². The number of fused-ring (bicyclic) bond motifs is 1. The highest BCUT2D eigenvalue weighted by Gasteiger charge is 2.30. The van der Waals surface area contributed by atoms with Crippen LogP contribution in [0, 0.1) is 0 Å². The van der Waals surface area contributed by atoms with Crippen LogP contribution >= 0.6 is 11.3 Å². The Morgan fingerprint density at radius 1 is 1.10 bits per heavy atom. The lowest BCUT2D eigenvalue weighted by Crippen LogP contribution is -2.21. The Kier molecular flexibility index (Phi) is 6.48. The van der Waals surface area contributed by atoms with Gasteiger partial charge in [-0.25, -0.2) is 4.98 Å². The van der Waals surface area contributed by atoms with Gasteiger partial charge in [0.05, 0.1) is 20.8 Å². The van der Waals surface area contributed by atoms with Gasteiger partial charge in [-0.1, -0.05) is 18.2 Å². The summed E-state index contributed by atoms with van der Waals surface area (Å²) in [5.74, 6) is -1.26. The highest BCUT2D eigenvalue weighted by Crippen LogP contribution is 2.30. The monoisotopic (exact) mass is 422 g/mol. The molecule has 2 aromatic carbocycles. The fraction of sp³-hybridized carbons (Fsp3) is 0.250. The molecule has 0 unspecified atom stereocenters. The number of alkyl halides is 3. The number of hydrogen-bond donors (Lipinski definition) is 1. The molecule has 0 spiro atoms. The minimum absolute atomic E-state index is 0.0169. The van der Waals surface area contributed by atoms with Gasteiger partial charge < -0.3 is 10.1 Å². The smallest absolute Gasteiger partial charge is 0.416 e. The first-order valence-corrected chi connectivity index (χ1v) is 9.60. The van der Waals surface area contributed by atoms with Gasteiger partial charge in [-0.3, -0.25) is 9.59 Å². The molecular formula is C20H17F3N2O3S. The summed E-state index contributed by atoms with van der Waals surface area (Å²) in [5, 5.41) is 3.20. The zero-order valence-corrected chi connectivity index (χ0v) is 16.0. The summed E-state index contributed by atoms with van der Waals surface area (Å²) in [4.78, 5) is 28.1. The van der Waals surface area contributed by atoms with E-state index in [9.17, 15) is 22.8 Å². The van der Waals surface area contributed by atoms with Gasteiger partial charge in [-0.2, -0.15) is 13.2 Å². The Hall–Kier alpha value is -2.94. The molecule has 1 aromatic heterocycles. The summed E-state index contributed by atoms with van der Waals surface area (Å²) < 4.78 is 44.0. The molecule has 0 bridgehead atoms. The highest BCUT2D eigenvalue weighted by molar-refractivity contribution is 7.18. The Balaban J connectivity index is 1.40. The van der Waals surface area contributed by atoms with Crippen molar-refractivity contribution in [1.82, 2.24) is 4.98 Å². The first-order valence-electron chi connectivity index (χ1n) is 8.78. The number of para-hydroxylation sites is 1. The average Bonchev–Trinajstić information content (AvgIpc) is 3.09. The van der Waals surface area contributed by atoms with Crippen molar-refractivity contribution >= 4 is 39.1 Å². The average molecular weight is 422 g/mol. The number of aromatic nitrogens is 1. The van der Waals surface area contributed by atoms with Crippen LogP contribution in [0.1, 0.15) is 23.4 Å². The molecule has 0 radical (unpaired) electrons. The third kappa shape index (κ3) is 6.02. The third-order valence-corrected chi connectivity index (χ3v) is 5.04. The van der Waals surface area contributed by atoms with E-state index in [0.29, 0.717) is 12.8 Å². The number of anilines is 1. The summed E-state index contributed by atoms with van der Waals surface area (Å²) in [6, 6.07) is 12.0. The first-order chi connectivity index (χ1) is 13.8.